The van der Waals surface area contributed by atoms with Crippen LogP contribution in [0.5, 0.6) is 0 Å². The molecule has 0 aromatic carbocycles. The summed E-state index contributed by atoms with van der Waals surface area (Å²) in [7, 11) is 0. The van der Waals surface area contributed by atoms with Crippen molar-refractivity contribution in [3.63, 3.8) is 0 Å². The maximum atomic E-state index is 12.5. The zero-order valence-corrected chi connectivity index (χ0v) is 17.8. The molecule has 0 saturated heterocycles. The molecule has 1 aliphatic carbocycles. The lowest BCUT2D eigenvalue weighted by Crippen LogP contribution is -2.55. The van der Waals surface area contributed by atoms with Crippen LogP contribution in [0.25, 0.3) is 0 Å². The molecule has 0 bridgehead atoms. The van der Waals surface area contributed by atoms with E-state index < -0.39 is 35.8 Å². The van der Waals surface area contributed by atoms with Crippen molar-refractivity contribution in [1.82, 2.24) is 16.0 Å². The van der Waals surface area contributed by atoms with Gasteiger partial charge in [0.15, 0.2) is 5.96 Å². The smallest absolute Gasteiger partial charge is 0.243 e. The van der Waals surface area contributed by atoms with Crippen LogP contribution in [-0.4, -0.2) is 54.3 Å². The molecule has 0 spiro atoms. The molecule has 11 nitrogen and oxygen atoms in total. The number of carbonyl (C=O) groups excluding carboxylic acids is 4. The Morgan fingerprint density at radius 3 is 2.13 bits per heavy atom. The van der Waals surface area contributed by atoms with Crippen molar-refractivity contribution in [2.24, 2.45) is 28.1 Å². The average molecular weight is 426 g/mol. The summed E-state index contributed by atoms with van der Waals surface area (Å²) < 4.78 is 0. The van der Waals surface area contributed by atoms with Gasteiger partial charge in [-0.2, -0.15) is 0 Å². The molecule has 9 N–H and O–H groups in total. The highest BCUT2D eigenvalue weighted by Gasteiger charge is 2.26. The van der Waals surface area contributed by atoms with Crippen LogP contribution in [-0.2, 0) is 19.2 Å². The minimum atomic E-state index is -0.928. The van der Waals surface area contributed by atoms with Crippen LogP contribution in [0.2, 0.25) is 0 Å². The number of hydrogen-bond donors (Lipinski definition) is 6. The quantitative estimate of drug-likeness (QED) is 0.126. The lowest BCUT2D eigenvalue weighted by Gasteiger charge is -2.22. The topological polar surface area (TPSA) is 195 Å². The number of guanidine groups is 1. The molecule has 4 amide bonds. The van der Waals surface area contributed by atoms with Gasteiger partial charge >= 0.3 is 0 Å². The first-order valence-electron chi connectivity index (χ1n) is 10.3. The standard InChI is InChI=1S/C19H35N7O4/c1-11(16(20)28)25-18(30)14(8-5-9-23-19(21)22)26-17(29)12(2)24-15(27)10-13-6-3-4-7-13/h11-14H,3-10H2,1-2H3,(H2,20,28)(H,24,27)(H,25,30)(H,26,29)(H4,21,22,23)/t11-,12-,14-/m0/s1. The van der Waals surface area contributed by atoms with E-state index >= 15 is 0 Å². The average Bonchev–Trinajstić information content (AvgIpc) is 3.16. The molecule has 1 saturated carbocycles. The first-order valence-corrected chi connectivity index (χ1v) is 10.3. The lowest BCUT2D eigenvalue weighted by atomic mass is 10.0. The summed E-state index contributed by atoms with van der Waals surface area (Å²) in [5, 5.41) is 7.76. The van der Waals surface area contributed by atoms with E-state index in [1.165, 1.54) is 6.92 Å². The van der Waals surface area contributed by atoms with Gasteiger partial charge in [-0.15, -0.1) is 0 Å². The van der Waals surface area contributed by atoms with Crippen molar-refractivity contribution in [2.75, 3.05) is 6.54 Å². The minimum absolute atomic E-state index is 0.0685. The fourth-order valence-electron chi connectivity index (χ4n) is 3.30. The van der Waals surface area contributed by atoms with Gasteiger partial charge in [0.1, 0.15) is 18.1 Å². The molecular weight excluding hydrogens is 390 g/mol. The van der Waals surface area contributed by atoms with Crippen molar-refractivity contribution in [1.29, 1.82) is 0 Å². The highest BCUT2D eigenvalue weighted by molar-refractivity contribution is 5.93. The van der Waals surface area contributed by atoms with Gasteiger partial charge < -0.3 is 33.2 Å². The Kier molecular flexibility index (Phi) is 10.6. The van der Waals surface area contributed by atoms with Gasteiger partial charge in [0.25, 0.3) is 0 Å². The number of nitrogens with one attached hydrogen (secondary N) is 3. The highest BCUT2D eigenvalue weighted by Crippen LogP contribution is 2.27. The van der Waals surface area contributed by atoms with E-state index in [0.29, 0.717) is 18.8 Å². The lowest BCUT2D eigenvalue weighted by molar-refractivity contribution is -0.133. The van der Waals surface area contributed by atoms with E-state index in [9.17, 15) is 19.2 Å². The second kappa shape index (κ2) is 12.7. The van der Waals surface area contributed by atoms with E-state index in [1.807, 2.05) is 0 Å². The highest BCUT2D eigenvalue weighted by atomic mass is 16.2. The van der Waals surface area contributed by atoms with Gasteiger partial charge in [-0.25, -0.2) is 0 Å². The molecule has 0 aromatic heterocycles. The van der Waals surface area contributed by atoms with Crippen molar-refractivity contribution < 1.29 is 19.2 Å². The summed E-state index contributed by atoms with van der Waals surface area (Å²) in [6.45, 7) is 3.29. The van der Waals surface area contributed by atoms with Crippen molar-refractivity contribution in [3.05, 3.63) is 0 Å². The number of rotatable bonds is 12. The van der Waals surface area contributed by atoms with Crippen LogP contribution in [0.15, 0.2) is 4.99 Å². The molecule has 1 fully saturated rings. The van der Waals surface area contributed by atoms with E-state index in [1.54, 1.807) is 6.92 Å². The van der Waals surface area contributed by atoms with Crippen molar-refractivity contribution in [3.8, 4) is 0 Å². The molecule has 11 heteroatoms. The first kappa shape index (κ1) is 25.2. The predicted molar refractivity (Wildman–Crippen MR) is 113 cm³/mol. The molecule has 0 aliphatic heterocycles. The van der Waals surface area contributed by atoms with E-state index in [0.717, 1.165) is 25.7 Å². The summed E-state index contributed by atoms with van der Waals surface area (Å²) in [4.78, 5) is 52.2. The minimum Gasteiger partial charge on any atom is -0.370 e. The van der Waals surface area contributed by atoms with Crippen LogP contribution in [0, 0.1) is 5.92 Å². The van der Waals surface area contributed by atoms with Gasteiger partial charge in [0.05, 0.1) is 0 Å². The summed E-state index contributed by atoms with van der Waals surface area (Å²) in [6, 6.07) is -2.62. The largest absolute Gasteiger partial charge is 0.370 e. The fraction of sp³-hybridized carbons (Fsp3) is 0.737. The molecule has 0 radical (unpaired) electrons. The van der Waals surface area contributed by atoms with Gasteiger partial charge in [0.2, 0.25) is 23.6 Å². The molecule has 3 atom stereocenters. The maximum absolute atomic E-state index is 12.5. The Morgan fingerprint density at radius 2 is 1.57 bits per heavy atom. The third-order valence-electron chi connectivity index (χ3n) is 5.08. The summed E-state index contributed by atoms with van der Waals surface area (Å²) in [6.07, 6.45) is 5.39. The molecule has 0 unspecified atom stereocenters. The molecule has 1 rings (SSSR count). The van der Waals surface area contributed by atoms with E-state index in [4.69, 9.17) is 17.2 Å². The SMILES string of the molecule is C[C@H](NC(=O)[C@H](CCCN=C(N)N)NC(=O)[C@H](C)NC(=O)CC1CCCC1)C(N)=O. The maximum Gasteiger partial charge on any atom is 0.243 e. The molecule has 0 aromatic rings. The van der Waals surface area contributed by atoms with Gasteiger partial charge in [-0.1, -0.05) is 12.8 Å². The van der Waals surface area contributed by atoms with Crippen LogP contribution in [0.3, 0.4) is 0 Å². The number of carbonyl (C=O) groups is 4. The fourth-order valence-corrected chi connectivity index (χ4v) is 3.30. The Hall–Kier alpha value is -2.85. The van der Waals surface area contributed by atoms with Gasteiger partial charge in [-0.3, -0.25) is 24.2 Å². The number of primary amides is 1. The van der Waals surface area contributed by atoms with Gasteiger partial charge in [-0.05, 0) is 45.4 Å². The third kappa shape index (κ3) is 9.57. The number of aliphatic imine (C=N–C) groups is 1. The third-order valence-corrected chi connectivity index (χ3v) is 5.08. The number of amides is 4. The monoisotopic (exact) mass is 425 g/mol. The number of nitrogens with two attached hydrogens (primary N) is 3. The second-order valence-corrected chi connectivity index (χ2v) is 7.79. The molecule has 30 heavy (non-hydrogen) atoms. The molecular formula is C19H35N7O4. The molecule has 1 aliphatic rings. The number of hydrogen-bond acceptors (Lipinski definition) is 5. The molecule has 170 valence electrons. The molecule has 0 heterocycles. The Morgan fingerprint density at radius 1 is 0.933 bits per heavy atom. The van der Waals surface area contributed by atoms with Gasteiger partial charge in [0, 0.05) is 13.0 Å². The predicted octanol–water partition coefficient (Wildman–Crippen LogP) is -1.40. The van der Waals surface area contributed by atoms with E-state index in [-0.39, 0.29) is 24.8 Å². The first-order chi connectivity index (χ1) is 14.1. The second-order valence-electron chi connectivity index (χ2n) is 7.79. The Balaban J connectivity index is 2.63. The van der Waals surface area contributed by atoms with E-state index in [2.05, 4.69) is 20.9 Å². The van der Waals surface area contributed by atoms with Crippen LogP contribution >= 0.6 is 0 Å². The summed E-state index contributed by atoms with van der Waals surface area (Å²) >= 11 is 0. The van der Waals surface area contributed by atoms with Crippen LogP contribution in [0.1, 0.15) is 58.8 Å². The Labute approximate surface area is 177 Å². The van der Waals surface area contributed by atoms with Crippen molar-refractivity contribution in [2.45, 2.75) is 76.9 Å². The summed E-state index contributed by atoms with van der Waals surface area (Å²) in [5.41, 5.74) is 15.7. The van der Waals surface area contributed by atoms with Crippen LogP contribution in [0.4, 0.5) is 0 Å². The van der Waals surface area contributed by atoms with Crippen LogP contribution < -0.4 is 33.2 Å². The summed E-state index contributed by atoms with van der Waals surface area (Å²) in [5.74, 6) is -1.62. The normalized spacial score (nSPS) is 16.7. The number of nitrogens with zero attached hydrogens (tertiary/aromatic N) is 1. The Bertz CT molecular complexity index is 643. The van der Waals surface area contributed by atoms with Crippen molar-refractivity contribution >= 4 is 29.6 Å². The zero-order chi connectivity index (χ0) is 22.7. The zero-order valence-electron chi connectivity index (χ0n) is 17.8.